The summed E-state index contributed by atoms with van der Waals surface area (Å²) in [4.78, 5) is 28.8. The fourth-order valence-corrected chi connectivity index (χ4v) is 5.45. The van der Waals surface area contributed by atoms with Crippen molar-refractivity contribution in [1.29, 1.82) is 0 Å². The number of rotatable bonds is 4. The molecule has 0 spiro atoms. The minimum absolute atomic E-state index is 0.0275. The molecule has 1 saturated heterocycles. The molecule has 0 bridgehead atoms. The van der Waals surface area contributed by atoms with E-state index in [0.29, 0.717) is 35.8 Å². The number of hydrogen-bond donors (Lipinski definition) is 2. The number of fused-ring (bicyclic) bond motifs is 1. The molecule has 1 aliphatic rings. The number of para-hydroxylation sites is 2. The number of halogens is 1. The standard InChI is InChI=1S/C25H24ClN5O2S/c1-16-19-15-22(34-24(19)31(29-16)21-10-6-5-9-20(21)26)23(32)27-18-11-13-30(14-12-18)25(33)28-17-7-3-2-4-8-17/h2-10,15,18H,11-14H2,1H3,(H,27,32)(H,28,33). The molecule has 0 unspecified atom stereocenters. The van der Waals surface area contributed by atoms with Gasteiger partial charge in [-0.05, 0) is 50.1 Å². The van der Waals surface area contributed by atoms with Crippen LogP contribution in [0.15, 0.2) is 60.7 Å². The molecule has 2 aromatic carbocycles. The Hall–Kier alpha value is -3.36. The van der Waals surface area contributed by atoms with Crippen LogP contribution in [-0.2, 0) is 0 Å². The van der Waals surface area contributed by atoms with Crippen LogP contribution >= 0.6 is 22.9 Å². The lowest BCUT2D eigenvalue weighted by Crippen LogP contribution is -2.47. The van der Waals surface area contributed by atoms with Crippen molar-refractivity contribution in [1.82, 2.24) is 20.0 Å². The van der Waals surface area contributed by atoms with Gasteiger partial charge in [0.15, 0.2) is 0 Å². The van der Waals surface area contributed by atoms with Crippen molar-refractivity contribution in [3.63, 3.8) is 0 Å². The minimum Gasteiger partial charge on any atom is -0.348 e. The zero-order chi connectivity index (χ0) is 23.7. The van der Waals surface area contributed by atoms with E-state index in [1.807, 2.05) is 67.6 Å². The molecular formula is C25H24ClN5O2S. The molecule has 2 aromatic heterocycles. The molecule has 0 radical (unpaired) electrons. The number of hydrogen-bond acceptors (Lipinski definition) is 4. The number of aryl methyl sites for hydroxylation is 1. The van der Waals surface area contributed by atoms with Crippen molar-refractivity contribution in [3.05, 3.63) is 76.3 Å². The van der Waals surface area contributed by atoms with Crippen LogP contribution in [0.1, 0.15) is 28.2 Å². The fourth-order valence-electron chi connectivity index (χ4n) is 4.15. The number of likely N-dealkylation sites (tertiary alicyclic amines) is 1. The van der Waals surface area contributed by atoms with Crippen LogP contribution < -0.4 is 10.6 Å². The molecule has 5 rings (SSSR count). The van der Waals surface area contributed by atoms with Gasteiger partial charge in [-0.25, -0.2) is 9.48 Å². The lowest BCUT2D eigenvalue weighted by molar-refractivity contribution is 0.0923. The Labute approximate surface area is 206 Å². The normalized spacial score (nSPS) is 14.4. The van der Waals surface area contributed by atoms with Crippen molar-refractivity contribution >= 4 is 50.8 Å². The highest BCUT2D eigenvalue weighted by atomic mass is 35.5. The zero-order valence-corrected chi connectivity index (χ0v) is 20.2. The molecule has 34 heavy (non-hydrogen) atoms. The summed E-state index contributed by atoms with van der Waals surface area (Å²) < 4.78 is 1.80. The monoisotopic (exact) mass is 493 g/mol. The van der Waals surface area contributed by atoms with E-state index < -0.39 is 0 Å². The average molecular weight is 494 g/mol. The molecule has 3 amide bonds. The Morgan fingerprint density at radius 2 is 1.76 bits per heavy atom. The second-order valence-electron chi connectivity index (χ2n) is 8.31. The topological polar surface area (TPSA) is 79.3 Å². The SMILES string of the molecule is Cc1nn(-c2ccccc2Cl)c2sc(C(=O)NC3CCN(C(=O)Nc4ccccc4)CC3)cc12. The first kappa shape index (κ1) is 22.4. The van der Waals surface area contributed by atoms with Crippen molar-refractivity contribution in [2.75, 3.05) is 18.4 Å². The fraction of sp³-hybridized carbons (Fsp3) is 0.240. The summed E-state index contributed by atoms with van der Waals surface area (Å²) in [6.07, 6.45) is 1.43. The van der Waals surface area contributed by atoms with Crippen LogP contribution in [0.5, 0.6) is 0 Å². The summed E-state index contributed by atoms with van der Waals surface area (Å²) in [6.45, 7) is 3.12. The van der Waals surface area contributed by atoms with Gasteiger partial charge in [0.1, 0.15) is 4.83 Å². The van der Waals surface area contributed by atoms with Gasteiger partial charge in [-0.2, -0.15) is 5.10 Å². The Morgan fingerprint density at radius 1 is 1.06 bits per heavy atom. The van der Waals surface area contributed by atoms with Crippen molar-refractivity contribution in [2.45, 2.75) is 25.8 Å². The number of benzene rings is 2. The maximum atomic E-state index is 13.0. The third-order valence-corrected chi connectivity index (χ3v) is 7.42. The van der Waals surface area contributed by atoms with E-state index in [1.165, 1.54) is 11.3 Å². The van der Waals surface area contributed by atoms with E-state index in [1.54, 1.807) is 9.58 Å². The quantitative estimate of drug-likeness (QED) is 0.395. The molecular weight excluding hydrogens is 470 g/mol. The maximum Gasteiger partial charge on any atom is 0.321 e. The van der Waals surface area contributed by atoms with Gasteiger partial charge in [0.25, 0.3) is 5.91 Å². The molecule has 2 N–H and O–H groups in total. The van der Waals surface area contributed by atoms with Crippen LogP contribution in [0.25, 0.3) is 15.9 Å². The number of nitrogens with one attached hydrogen (secondary N) is 2. The predicted octanol–water partition coefficient (Wildman–Crippen LogP) is 5.48. The van der Waals surface area contributed by atoms with Crippen LogP contribution in [0, 0.1) is 6.92 Å². The van der Waals surface area contributed by atoms with E-state index in [2.05, 4.69) is 15.7 Å². The molecule has 4 aromatic rings. The smallest absolute Gasteiger partial charge is 0.321 e. The van der Waals surface area contributed by atoms with E-state index in [9.17, 15) is 9.59 Å². The van der Waals surface area contributed by atoms with E-state index in [-0.39, 0.29) is 18.0 Å². The molecule has 0 saturated carbocycles. The first-order valence-electron chi connectivity index (χ1n) is 11.2. The van der Waals surface area contributed by atoms with Gasteiger partial charge >= 0.3 is 6.03 Å². The Bertz CT molecular complexity index is 1340. The van der Waals surface area contributed by atoms with Gasteiger partial charge in [0, 0.05) is 30.2 Å². The van der Waals surface area contributed by atoms with Gasteiger partial charge in [-0.3, -0.25) is 4.79 Å². The Morgan fingerprint density at radius 3 is 2.50 bits per heavy atom. The van der Waals surface area contributed by atoms with Crippen molar-refractivity contribution in [3.8, 4) is 5.69 Å². The number of thiophene rings is 1. The molecule has 174 valence electrons. The number of nitrogens with zero attached hydrogens (tertiary/aromatic N) is 3. The summed E-state index contributed by atoms with van der Waals surface area (Å²) in [5.74, 6) is -0.0986. The molecule has 1 aliphatic heterocycles. The third-order valence-electron chi connectivity index (χ3n) is 5.99. The number of amides is 3. The highest BCUT2D eigenvalue weighted by Gasteiger charge is 2.25. The van der Waals surface area contributed by atoms with Gasteiger partial charge < -0.3 is 15.5 Å². The number of anilines is 1. The number of aromatic nitrogens is 2. The summed E-state index contributed by atoms with van der Waals surface area (Å²) in [5.41, 5.74) is 2.42. The minimum atomic E-state index is -0.111. The van der Waals surface area contributed by atoms with Gasteiger partial charge in [-0.1, -0.05) is 41.9 Å². The summed E-state index contributed by atoms with van der Waals surface area (Å²) in [7, 11) is 0. The highest BCUT2D eigenvalue weighted by Crippen LogP contribution is 2.32. The van der Waals surface area contributed by atoms with Crippen LogP contribution in [0.3, 0.4) is 0 Å². The molecule has 3 heterocycles. The number of carbonyl (C=O) groups excluding carboxylic acids is 2. The first-order chi connectivity index (χ1) is 16.5. The number of carbonyl (C=O) groups is 2. The zero-order valence-electron chi connectivity index (χ0n) is 18.6. The molecule has 0 atom stereocenters. The summed E-state index contributed by atoms with van der Waals surface area (Å²) in [6, 6.07) is 18.8. The van der Waals surface area contributed by atoms with Crippen LogP contribution in [0.4, 0.5) is 10.5 Å². The molecule has 9 heteroatoms. The van der Waals surface area contributed by atoms with Gasteiger partial charge in [0.05, 0.1) is 21.3 Å². The summed E-state index contributed by atoms with van der Waals surface area (Å²) >= 11 is 7.78. The second kappa shape index (κ2) is 9.48. The average Bonchev–Trinajstić information content (AvgIpc) is 3.41. The molecule has 1 fully saturated rings. The van der Waals surface area contributed by atoms with E-state index >= 15 is 0 Å². The Balaban J connectivity index is 1.23. The maximum absolute atomic E-state index is 13.0. The largest absolute Gasteiger partial charge is 0.348 e. The Kier molecular flexibility index (Phi) is 6.26. The lowest BCUT2D eigenvalue weighted by Gasteiger charge is -2.32. The highest BCUT2D eigenvalue weighted by molar-refractivity contribution is 7.20. The van der Waals surface area contributed by atoms with Gasteiger partial charge in [-0.15, -0.1) is 11.3 Å². The molecule has 0 aliphatic carbocycles. The second-order valence-corrected chi connectivity index (χ2v) is 9.75. The predicted molar refractivity (Wildman–Crippen MR) is 136 cm³/mol. The van der Waals surface area contributed by atoms with Crippen molar-refractivity contribution < 1.29 is 9.59 Å². The van der Waals surface area contributed by atoms with Crippen LogP contribution in [-0.4, -0.2) is 45.8 Å². The lowest BCUT2D eigenvalue weighted by atomic mass is 10.1. The molecule has 7 nitrogen and oxygen atoms in total. The van der Waals surface area contributed by atoms with Crippen LogP contribution in [0.2, 0.25) is 5.02 Å². The summed E-state index contributed by atoms with van der Waals surface area (Å²) in [5, 5.41) is 12.2. The first-order valence-corrected chi connectivity index (χ1v) is 12.3. The number of urea groups is 1. The third kappa shape index (κ3) is 4.51. The van der Waals surface area contributed by atoms with E-state index in [0.717, 1.165) is 27.3 Å². The van der Waals surface area contributed by atoms with Crippen molar-refractivity contribution in [2.24, 2.45) is 0 Å². The van der Waals surface area contributed by atoms with E-state index in [4.69, 9.17) is 11.6 Å². The van der Waals surface area contributed by atoms with Gasteiger partial charge in [0.2, 0.25) is 0 Å². The number of piperidine rings is 1.